The Kier molecular flexibility index (Phi) is 4.69. The molecule has 1 saturated heterocycles. The van der Waals surface area contributed by atoms with Crippen molar-refractivity contribution in [3.63, 3.8) is 0 Å². The van der Waals surface area contributed by atoms with Crippen LogP contribution in [-0.4, -0.2) is 16.8 Å². The Bertz CT molecular complexity index is 1250. The van der Waals surface area contributed by atoms with Gasteiger partial charge in [-0.3, -0.25) is 0 Å². The maximum Gasteiger partial charge on any atom is 0.123 e. The molecule has 6 rings (SSSR count). The Morgan fingerprint density at radius 2 is 1.18 bits per heavy atom. The number of hydrogen-bond donors (Lipinski definition) is 0. The smallest absolute Gasteiger partial charge is 0.123 e. The Hall–Kier alpha value is -3.65. The number of amidine groups is 1. The number of benzene rings is 4. The van der Waals surface area contributed by atoms with Crippen LogP contribution in [0.15, 0.2) is 120 Å². The van der Waals surface area contributed by atoms with Gasteiger partial charge in [0.15, 0.2) is 0 Å². The number of rotatable bonds is 4. The normalized spacial score (nSPS) is 20.5. The Balaban J connectivity index is 1.66. The van der Waals surface area contributed by atoms with Gasteiger partial charge in [-0.05, 0) is 28.7 Å². The van der Waals surface area contributed by atoms with Gasteiger partial charge in [0, 0.05) is 5.56 Å². The molecule has 4 aromatic rings. The number of nitrogens with zero attached hydrogens (tertiary/aromatic N) is 2. The van der Waals surface area contributed by atoms with Crippen molar-refractivity contribution < 1.29 is 0 Å². The average molecular weight is 429 g/mol. The maximum absolute atomic E-state index is 5.37. The molecular formula is C31H28N2. The molecule has 162 valence electrons. The number of aliphatic imine (C=N–C) groups is 1. The van der Waals surface area contributed by atoms with Gasteiger partial charge in [0.05, 0.1) is 23.2 Å². The third kappa shape index (κ3) is 2.83. The molecule has 0 aliphatic carbocycles. The van der Waals surface area contributed by atoms with Crippen molar-refractivity contribution in [3.05, 3.63) is 138 Å². The van der Waals surface area contributed by atoms with E-state index < -0.39 is 0 Å². The van der Waals surface area contributed by atoms with Crippen molar-refractivity contribution in [1.82, 2.24) is 4.90 Å². The molecule has 0 spiro atoms. The molecule has 2 aliphatic heterocycles. The van der Waals surface area contributed by atoms with Gasteiger partial charge in [0.25, 0.3) is 0 Å². The quantitative estimate of drug-likeness (QED) is 0.337. The third-order valence-corrected chi connectivity index (χ3v) is 7.28. The largest absolute Gasteiger partial charge is 0.343 e. The summed E-state index contributed by atoms with van der Waals surface area (Å²) in [7, 11) is 0. The lowest BCUT2D eigenvalue weighted by molar-refractivity contribution is 0.0915. The molecule has 2 atom stereocenters. The predicted octanol–water partition coefficient (Wildman–Crippen LogP) is 7.15. The first-order valence-corrected chi connectivity index (χ1v) is 11.9. The average Bonchev–Trinajstić information content (AvgIpc) is 2.86. The number of para-hydroxylation sites is 1. The first-order valence-electron chi connectivity index (χ1n) is 11.9. The summed E-state index contributed by atoms with van der Waals surface area (Å²) >= 11 is 0. The van der Waals surface area contributed by atoms with Crippen molar-refractivity contribution in [2.45, 2.75) is 31.3 Å². The fraction of sp³-hybridized carbons (Fsp3) is 0.194. The molecule has 2 aliphatic rings. The lowest BCUT2D eigenvalue weighted by atomic mass is 9.57. The molecule has 0 radical (unpaired) electrons. The molecule has 2 heterocycles. The van der Waals surface area contributed by atoms with E-state index in [1.54, 1.807) is 0 Å². The van der Waals surface area contributed by atoms with Gasteiger partial charge in [-0.15, -0.1) is 0 Å². The summed E-state index contributed by atoms with van der Waals surface area (Å²) in [6, 6.07) is 42.0. The zero-order valence-corrected chi connectivity index (χ0v) is 19.1. The zero-order chi connectivity index (χ0) is 22.4. The van der Waals surface area contributed by atoms with E-state index >= 15 is 0 Å². The van der Waals surface area contributed by atoms with Crippen molar-refractivity contribution in [2.24, 2.45) is 10.9 Å². The Morgan fingerprint density at radius 1 is 0.667 bits per heavy atom. The zero-order valence-electron chi connectivity index (χ0n) is 19.1. The number of hydrogen-bond acceptors (Lipinski definition) is 2. The van der Waals surface area contributed by atoms with Gasteiger partial charge in [-0.2, -0.15) is 0 Å². The van der Waals surface area contributed by atoms with Gasteiger partial charge in [-0.1, -0.05) is 123 Å². The molecule has 0 N–H and O–H groups in total. The van der Waals surface area contributed by atoms with Crippen molar-refractivity contribution >= 4 is 11.5 Å². The monoisotopic (exact) mass is 428 g/mol. The van der Waals surface area contributed by atoms with Crippen LogP contribution in [0.3, 0.4) is 0 Å². The van der Waals surface area contributed by atoms with E-state index in [0.717, 1.165) is 11.5 Å². The molecule has 0 amide bonds. The minimum absolute atomic E-state index is 0.155. The minimum atomic E-state index is -0.281. The second-order valence-electron chi connectivity index (χ2n) is 9.44. The van der Waals surface area contributed by atoms with E-state index in [4.69, 9.17) is 4.99 Å². The van der Waals surface area contributed by atoms with Crippen LogP contribution in [0.5, 0.6) is 0 Å². The van der Waals surface area contributed by atoms with Gasteiger partial charge in [-0.25, -0.2) is 4.99 Å². The molecule has 0 aromatic heterocycles. The summed E-state index contributed by atoms with van der Waals surface area (Å²) in [5.41, 5.74) is 6.03. The van der Waals surface area contributed by atoms with Crippen LogP contribution in [0.2, 0.25) is 0 Å². The van der Waals surface area contributed by atoms with Crippen molar-refractivity contribution in [1.29, 1.82) is 0 Å². The Labute approximate surface area is 196 Å². The highest BCUT2D eigenvalue weighted by Crippen LogP contribution is 2.58. The third-order valence-electron chi connectivity index (χ3n) is 7.28. The second-order valence-corrected chi connectivity index (χ2v) is 9.44. The van der Waals surface area contributed by atoms with Gasteiger partial charge in [0.2, 0.25) is 0 Å². The molecule has 4 aromatic carbocycles. The summed E-state index contributed by atoms with van der Waals surface area (Å²) in [5.74, 6) is 1.59. The van der Waals surface area contributed by atoms with E-state index in [1.165, 1.54) is 22.3 Å². The van der Waals surface area contributed by atoms with Gasteiger partial charge < -0.3 is 4.90 Å². The highest BCUT2D eigenvalue weighted by atomic mass is 15.4. The molecular weight excluding hydrogens is 400 g/mol. The van der Waals surface area contributed by atoms with E-state index in [0.29, 0.717) is 5.92 Å². The lowest BCUT2D eigenvalue weighted by Gasteiger charge is -2.65. The van der Waals surface area contributed by atoms with Crippen molar-refractivity contribution in [2.75, 3.05) is 0 Å². The molecule has 33 heavy (non-hydrogen) atoms. The first kappa shape index (κ1) is 20.0. The molecule has 0 saturated carbocycles. The van der Waals surface area contributed by atoms with E-state index in [9.17, 15) is 0 Å². The summed E-state index contributed by atoms with van der Waals surface area (Å²) < 4.78 is 0. The summed E-state index contributed by atoms with van der Waals surface area (Å²) in [4.78, 5) is 7.97. The van der Waals surface area contributed by atoms with Crippen LogP contribution < -0.4 is 0 Å². The maximum atomic E-state index is 5.37. The van der Waals surface area contributed by atoms with Crippen molar-refractivity contribution in [3.8, 4) is 0 Å². The summed E-state index contributed by atoms with van der Waals surface area (Å²) in [6.07, 6.45) is 0. The summed E-state index contributed by atoms with van der Waals surface area (Å²) in [5, 5.41) is 0. The molecule has 0 unspecified atom stereocenters. The number of fused-ring (bicyclic) bond motifs is 2. The standard InChI is InChI=1S/C31H28N2/c1-22(2)29-31(24-16-8-4-9-17-24,25-18-10-5-11-19-25)30-32-27-21-13-12-20-26(27)28(33(29)30)23-14-6-3-7-15-23/h3-22,28-29H,1-2H3/t28-,29-/m1/s1. The SMILES string of the molecule is CC(C)[C@H]1N2C(=Nc3ccccc3[C@H]2c2ccccc2)C1(c1ccccc1)c1ccccc1. The fourth-order valence-electron chi connectivity index (χ4n) is 6.09. The highest BCUT2D eigenvalue weighted by molar-refractivity contribution is 6.06. The van der Waals surface area contributed by atoms with Gasteiger partial charge >= 0.3 is 0 Å². The first-order chi connectivity index (χ1) is 16.2. The van der Waals surface area contributed by atoms with Crippen LogP contribution in [-0.2, 0) is 5.41 Å². The minimum Gasteiger partial charge on any atom is -0.343 e. The fourth-order valence-corrected chi connectivity index (χ4v) is 6.09. The molecule has 1 fully saturated rings. The van der Waals surface area contributed by atoms with Gasteiger partial charge in [0.1, 0.15) is 5.84 Å². The molecule has 2 heteroatoms. The predicted molar refractivity (Wildman–Crippen MR) is 136 cm³/mol. The van der Waals surface area contributed by atoms with E-state index in [1.807, 2.05) is 0 Å². The molecule has 0 bridgehead atoms. The topological polar surface area (TPSA) is 15.6 Å². The van der Waals surface area contributed by atoms with Crippen LogP contribution in [0.4, 0.5) is 5.69 Å². The van der Waals surface area contributed by atoms with Crippen LogP contribution in [0.25, 0.3) is 0 Å². The van der Waals surface area contributed by atoms with Crippen LogP contribution in [0, 0.1) is 5.92 Å². The van der Waals surface area contributed by atoms with E-state index in [2.05, 4.69) is 134 Å². The second kappa shape index (κ2) is 7.74. The van der Waals surface area contributed by atoms with E-state index in [-0.39, 0.29) is 17.5 Å². The van der Waals surface area contributed by atoms with Crippen LogP contribution in [0.1, 0.15) is 42.1 Å². The summed E-state index contributed by atoms with van der Waals surface area (Å²) in [6.45, 7) is 4.70. The Morgan fingerprint density at radius 3 is 1.76 bits per heavy atom. The lowest BCUT2D eigenvalue weighted by Crippen LogP contribution is -2.74. The molecule has 2 nitrogen and oxygen atoms in total. The highest BCUT2D eigenvalue weighted by Gasteiger charge is 2.64. The van der Waals surface area contributed by atoms with Crippen LogP contribution >= 0.6 is 0 Å².